The first kappa shape index (κ1) is 20.7. The minimum Gasteiger partial charge on any atom is -0.385 e. The van der Waals surface area contributed by atoms with Gasteiger partial charge in [-0.25, -0.2) is 4.79 Å². The first-order valence-corrected chi connectivity index (χ1v) is 9.96. The van der Waals surface area contributed by atoms with E-state index in [2.05, 4.69) is 20.9 Å². The van der Waals surface area contributed by atoms with Gasteiger partial charge in [-0.2, -0.15) is 0 Å². The number of nitrogens with one attached hydrogen (secondary N) is 3. The molecular formula is C22H28N4O3. The Morgan fingerprint density at radius 2 is 1.72 bits per heavy atom. The average molecular weight is 396 g/mol. The van der Waals surface area contributed by atoms with E-state index >= 15 is 0 Å². The van der Waals surface area contributed by atoms with Crippen molar-refractivity contribution in [3.8, 4) is 0 Å². The van der Waals surface area contributed by atoms with Crippen molar-refractivity contribution in [3.63, 3.8) is 0 Å². The van der Waals surface area contributed by atoms with Gasteiger partial charge < -0.3 is 25.6 Å². The summed E-state index contributed by atoms with van der Waals surface area (Å²) in [5.41, 5.74) is 2.75. The molecule has 0 radical (unpaired) electrons. The Morgan fingerprint density at radius 1 is 1.00 bits per heavy atom. The van der Waals surface area contributed by atoms with Gasteiger partial charge in [-0.3, -0.25) is 4.79 Å². The van der Waals surface area contributed by atoms with E-state index in [9.17, 15) is 9.59 Å². The number of methoxy groups -OCH3 is 1. The van der Waals surface area contributed by atoms with Gasteiger partial charge in [0.1, 0.15) is 0 Å². The van der Waals surface area contributed by atoms with Crippen LogP contribution in [0.2, 0.25) is 0 Å². The minimum absolute atomic E-state index is 0.143. The number of para-hydroxylation sites is 1. The highest BCUT2D eigenvalue weighted by Gasteiger charge is 2.20. The molecule has 3 N–H and O–H groups in total. The Balaban J connectivity index is 1.72. The Hall–Kier alpha value is -3.06. The number of hydrogen-bond donors (Lipinski definition) is 3. The summed E-state index contributed by atoms with van der Waals surface area (Å²) in [6.45, 7) is 3.01. The average Bonchev–Trinajstić information content (AvgIpc) is 3.26. The van der Waals surface area contributed by atoms with E-state index < -0.39 is 0 Å². The molecule has 7 heteroatoms. The maximum atomic E-state index is 12.8. The molecule has 0 spiro atoms. The number of anilines is 3. The van der Waals surface area contributed by atoms with Crippen molar-refractivity contribution in [3.05, 3.63) is 54.1 Å². The van der Waals surface area contributed by atoms with Crippen molar-refractivity contribution >= 4 is 29.0 Å². The number of amides is 3. The van der Waals surface area contributed by atoms with Gasteiger partial charge in [0.25, 0.3) is 5.91 Å². The number of rotatable bonds is 8. The molecule has 1 heterocycles. The predicted molar refractivity (Wildman–Crippen MR) is 116 cm³/mol. The zero-order chi connectivity index (χ0) is 20.5. The maximum absolute atomic E-state index is 12.8. The number of nitrogens with zero attached hydrogens (tertiary/aromatic N) is 1. The van der Waals surface area contributed by atoms with Crippen LogP contribution in [-0.4, -0.2) is 45.3 Å². The van der Waals surface area contributed by atoms with Crippen LogP contribution in [0.15, 0.2) is 48.5 Å². The minimum atomic E-state index is -0.350. The Labute approximate surface area is 171 Å². The van der Waals surface area contributed by atoms with E-state index in [1.807, 2.05) is 42.5 Å². The van der Waals surface area contributed by atoms with Gasteiger partial charge in [0.15, 0.2) is 0 Å². The summed E-state index contributed by atoms with van der Waals surface area (Å²) in [7, 11) is 1.64. The summed E-state index contributed by atoms with van der Waals surface area (Å²) in [5.74, 6) is -0.143. The third-order valence-corrected chi connectivity index (χ3v) is 4.79. The second-order valence-corrected chi connectivity index (χ2v) is 6.97. The molecule has 3 amide bonds. The molecule has 0 unspecified atom stereocenters. The van der Waals surface area contributed by atoms with Crippen molar-refractivity contribution in [1.82, 2.24) is 5.32 Å². The molecule has 0 saturated carbocycles. The molecule has 0 bridgehead atoms. The summed E-state index contributed by atoms with van der Waals surface area (Å²) >= 11 is 0. The SMILES string of the molecule is COCCCNC(=O)c1cc(NC(=O)Nc2ccccc2)ccc1N1CCCC1. The second-order valence-electron chi connectivity index (χ2n) is 6.97. The molecule has 1 aliphatic rings. The first-order valence-electron chi connectivity index (χ1n) is 9.96. The van der Waals surface area contributed by atoms with Gasteiger partial charge in [-0.05, 0) is 49.6 Å². The van der Waals surface area contributed by atoms with Gasteiger partial charge in [0.05, 0.1) is 5.56 Å². The molecule has 154 valence electrons. The molecule has 0 atom stereocenters. The zero-order valence-corrected chi connectivity index (χ0v) is 16.7. The first-order chi connectivity index (χ1) is 14.2. The standard InChI is InChI=1S/C22H28N4O3/c1-29-15-7-12-23-21(27)19-16-18(10-11-20(19)26-13-5-6-14-26)25-22(28)24-17-8-3-2-4-9-17/h2-4,8-11,16H,5-7,12-15H2,1H3,(H,23,27)(H2,24,25,28). The van der Waals surface area contributed by atoms with Crippen LogP contribution in [0, 0.1) is 0 Å². The molecule has 1 saturated heterocycles. The molecule has 0 aromatic heterocycles. The van der Waals surface area contributed by atoms with E-state index in [4.69, 9.17) is 4.74 Å². The van der Waals surface area contributed by atoms with Crippen molar-refractivity contribution in [2.75, 3.05) is 48.9 Å². The third-order valence-electron chi connectivity index (χ3n) is 4.79. The second kappa shape index (κ2) is 10.5. The van der Waals surface area contributed by atoms with Gasteiger partial charge in [-0.15, -0.1) is 0 Å². The normalized spacial score (nSPS) is 13.2. The number of hydrogen-bond acceptors (Lipinski definition) is 4. The fourth-order valence-electron chi connectivity index (χ4n) is 3.36. The lowest BCUT2D eigenvalue weighted by molar-refractivity contribution is 0.0949. The van der Waals surface area contributed by atoms with Crippen LogP contribution in [0.5, 0.6) is 0 Å². The van der Waals surface area contributed by atoms with Crippen LogP contribution in [0.1, 0.15) is 29.6 Å². The van der Waals surface area contributed by atoms with E-state index in [0.29, 0.717) is 30.1 Å². The molecule has 29 heavy (non-hydrogen) atoms. The largest absolute Gasteiger partial charge is 0.385 e. The van der Waals surface area contributed by atoms with Crippen molar-refractivity contribution < 1.29 is 14.3 Å². The Morgan fingerprint density at radius 3 is 2.45 bits per heavy atom. The number of ether oxygens (including phenoxy) is 1. The maximum Gasteiger partial charge on any atom is 0.323 e. The van der Waals surface area contributed by atoms with Crippen LogP contribution in [0.4, 0.5) is 21.9 Å². The monoisotopic (exact) mass is 396 g/mol. The summed E-state index contributed by atoms with van der Waals surface area (Å²) in [5, 5.41) is 8.54. The van der Waals surface area contributed by atoms with Crippen molar-refractivity contribution in [2.24, 2.45) is 0 Å². The van der Waals surface area contributed by atoms with Gasteiger partial charge in [0, 0.05) is 50.4 Å². The fourth-order valence-corrected chi connectivity index (χ4v) is 3.36. The molecule has 2 aromatic rings. The fraction of sp³-hybridized carbons (Fsp3) is 0.364. The van der Waals surface area contributed by atoms with Gasteiger partial charge >= 0.3 is 6.03 Å². The summed E-state index contributed by atoms with van der Waals surface area (Å²) < 4.78 is 5.03. The van der Waals surface area contributed by atoms with Crippen LogP contribution < -0.4 is 20.9 Å². The highest BCUT2D eigenvalue weighted by Crippen LogP contribution is 2.27. The lowest BCUT2D eigenvalue weighted by atomic mass is 10.1. The number of urea groups is 1. The molecule has 1 fully saturated rings. The topological polar surface area (TPSA) is 82.7 Å². The predicted octanol–water partition coefficient (Wildman–Crippen LogP) is 3.70. The van der Waals surface area contributed by atoms with Crippen LogP contribution in [0.25, 0.3) is 0 Å². The van der Waals surface area contributed by atoms with E-state index in [1.165, 1.54) is 0 Å². The Kier molecular flexibility index (Phi) is 7.47. The molecular weight excluding hydrogens is 368 g/mol. The van der Waals surface area contributed by atoms with Gasteiger partial charge in [0.2, 0.25) is 0 Å². The van der Waals surface area contributed by atoms with Gasteiger partial charge in [-0.1, -0.05) is 18.2 Å². The third kappa shape index (κ3) is 5.96. The molecule has 7 nitrogen and oxygen atoms in total. The van der Waals surface area contributed by atoms with E-state index in [-0.39, 0.29) is 11.9 Å². The van der Waals surface area contributed by atoms with Crippen molar-refractivity contribution in [2.45, 2.75) is 19.3 Å². The summed E-state index contributed by atoms with van der Waals surface area (Å²) in [6, 6.07) is 14.4. The highest BCUT2D eigenvalue weighted by molar-refractivity contribution is 6.04. The molecule has 0 aliphatic carbocycles. The van der Waals surface area contributed by atoms with Crippen molar-refractivity contribution in [1.29, 1.82) is 0 Å². The van der Waals surface area contributed by atoms with E-state index in [1.54, 1.807) is 13.2 Å². The smallest absolute Gasteiger partial charge is 0.323 e. The highest BCUT2D eigenvalue weighted by atomic mass is 16.5. The Bertz CT molecular complexity index is 820. The number of carbonyl (C=O) groups excluding carboxylic acids is 2. The lowest BCUT2D eigenvalue weighted by Crippen LogP contribution is -2.29. The molecule has 2 aromatic carbocycles. The van der Waals surface area contributed by atoms with Crippen LogP contribution >= 0.6 is 0 Å². The zero-order valence-electron chi connectivity index (χ0n) is 16.7. The van der Waals surface area contributed by atoms with E-state index in [0.717, 1.165) is 38.0 Å². The molecule has 1 aliphatic heterocycles. The lowest BCUT2D eigenvalue weighted by Gasteiger charge is -2.22. The molecule has 3 rings (SSSR count). The number of carbonyl (C=O) groups is 2. The summed E-state index contributed by atoms with van der Waals surface area (Å²) in [4.78, 5) is 27.3. The number of benzene rings is 2. The quantitative estimate of drug-likeness (QED) is 0.594. The van der Waals surface area contributed by atoms with Crippen LogP contribution in [-0.2, 0) is 4.74 Å². The summed E-state index contributed by atoms with van der Waals surface area (Å²) in [6.07, 6.45) is 2.99. The van der Waals surface area contributed by atoms with Crippen LogP contribution in [0.3, 0.4) is 0 Å².